The first-order valence-electron chi connectivity index (χ1n) is 7.14. The van der Waals surface area contributed by atoms with Crippen LogP contribution in [-0.2, 0) is 17.1 Å². The minimum Gasteiger partial charge on any atom is -0.272 e. The van der Waals surface area contributed by atoms with E-state index >= 15 is 0 Å². The van der Waals surface area contributed by atoms with Gasteiger partial charge in [-0.05, 0) is 31.2 Å². The maximum atomic E-state index is 12.1. The minimum absolute atomic E-state index is 0.126. The lowest BCUT2D eigenvalue weighted by atomic mass is 10.1. The molecule has 1 heterocycles. The average molecular weight is 315 g/mol. The number of nitrogens with one attached hydrogen (secondary N) is 1. The molecule has 120 valence electrons. The van der Waals surface area contributed by atoms with Gasteiger partial charge in [0, 0.05) is 12.7 Å². The fourth-order valence-electron chi connectivity index (χ4n) is 2.21. The van der Waals surface area contributed by atoms with Crippen LogP contribution >= 0.6 is 0 Å². The minimum atomic E-state index is -3.68. The van der Waals surface area contributed by atoms with Gasteiger partial charge in [0.25, 0.3) is 5.91 Å². The second-order valence-electron chi connectivity index (χ2n) is 6.15. The van der Waals surface area contributed by atoms with Crippen LogP contribution < -0.4 is 4.72 Å². The molecule has 0 aromatic carbocycles. The molecular weight excluding hydrogens is 290 g/mol. The fourth-order valence-corrected chi connectivity index (χ4v) is 3.41. The van der Waals surface area contributed by atoms with Gasteiger partial charge in [0.05, 0.1) is 5.25 Å². The number of hydrogen-bond acceptors (Lipinski definition) is 4. The molecule has 0 saturated heterocycles. The SMILES string of the molecule is CC(C)C[C@@H](C)S(=O)(=O)NC(=O)c1cc(C(C)C)n(C)n1. The first-order valence-corrected chi connectivity index (χ1v) is 8.69. The Morgan fingerprint density at radius 1 is 1.29 bits per heavy atom. The molecule has 7 heteroatoms. The van der Waals surface area contributed by atoms with E-state index in [0.29, 0.717) is 6.42 Å². The first-order chi connectivity index (χ1) is 9.54. The van der Waals surface area contributed by atoms with Gasteiger partial charge in [0.2, 0.25) is 10.0 Å². The van der Waals surface area contributed by atoms with Gasteiger partial charge in [-0.15, -0.1) is 0 Å². The van der Waals surface area contributed by atoms with E-state index in [9.17, 15) is 13.2 Å². The summed E-state index contributed by atoms with van der Waals surface area (Å²) in [5, 5.41) is 3.46. The smallest absolute Gasteiger partial charge is 0.272 e. The molecule has 0 spiro atoms. The molecule has 21 heavy (non-hydrogen) atoms. The zero-order valence-corrected chi connectivity index (χ0v) is 14.4. The van der Waals surface area contributed by atoms with E-state index in [1.165, 1.54) is 0 Å². The molecule has 0 bridgehead atoms. The van der Waals surface area contributed by atoms with Crippen LogP contribution in [0.5, 0.6) is 0 Å². The number of nitrogens with zero attached hydrogens (tertiary/aromatic N) is 2. The van der Waals surface area contributed by atoms with Crippen LogP contribution in [0.15, 0.2) is 6.07 Å². The van der Waals surface area contributed by atoms with Crippen molar-refractivity contribution in [3.63, 3.8) is 0 Å². The number of aromatic nitrogens is 2. The second kappa shape index (κ2) is 6.60. The lowest BCUT2D eigenvalue weighted by Crippen LogP contribution is -2.37. The molecule has 1 atom stereocenters. The standard InChI is InChI=1S/C14H25N3O3S/c1-9(2)7-11(5)21(19,20)16-14(18)12-8-13(10(3)4)17(6)15-12/h8-11H,7H2,1-6H3,(H,16,18)/t11-/m1/s1. The van der Waals surface area contributed by atoms with Crippen LogP contribution in [0.2, 0.25) is 0 Å². The van der Waals surface area contributed by atoms with Crippen molar-refractivity contribution in [2.75, 3.05) is 0 Å². The van der Waals surface area contributed by atoms with Gasteiger partial charge in [-0.1, -0.05) is 27.7 Å². The number of hydrogen-bond donors (Lipinski definition) is 1. The van der Waals surface area contributed by atoms with Gasteiger partial charge < -0.3 is 0 Å². The Hall–Kier alpha value is -1.37. The lowest BCUT2D eigenvalue weighted by molar-refractivity contribution is 0.0975. The highest BCUT2D eigenvalue weighted by Crippen LogP contribution is 2.16. The Morgan fingerprint density at radius 2 is 1.86 bits per heavy atom. The van der Waals surface area contributed by atoms with Gasteiger partial charge in [-0.25, -0.2) is 13.1 Å². The highest BCUT2D eigenvalue weighted by molar-refractivity contribution is 7.90. The van der Waals surface area contributed by atoms with Crippen molar-refractivity contribution in [1.29, 1.82) is 0 Å². The second-order valence-corrected chi connectivity index (χ2v) is 8.25. The summed E-state index contributed by atoms with van der Waals surface area (Å²) in [5.74, 6) is -0.220. The molecule has 1 rings (SSSR count). The van der Waals surface area contributed by atoms with Gasteiger partial charge in [0.15, 0.2) is 5.69 Å². The Balaban J connectivity index is 2.88. The quantitative estimate of drug-likeness (QED) is 0.871. The molecule has 0 fully saturated rings. The highest BCUT2D eigenvalue weighted by atomic mass is 32.2. The van der Waals surface area contributed by atoms with Crippen molar-refractivity contribution in [2.45, 2.75) is 52.2 Å². The van der Waals surface area contributed by atoms with Crippen LogP contribution in [0.1, 0.15) is 63.1 Å². The van der Waals surface area contributed by atoms with E-state index in [4.69, 9.17) is 0 Å². The molecule has 1 aromatic heterocycles. The fraction of sp³-hybridized carbons (Fsp3) is 0.714. The van der Waals surface area contributed by atoms with Crippen molar-refractivity contribution in [3.05, 3.63) is 17.5 Å². The molecule has 6 nitrogen and oxygen atoms in total. The molecule has 0 radical (unpaired) electrons. The van der Waals surface area contributed by atoms with Crippen molar-refractivity contribution in [3.8, 4) is 0 Å². The number of carbonyl (C=O) groups is 1. The Kier molecular flexibility index (Phi) is 5.55. The zero-order valence-electron chi connectivity index (χ0n) is 13.5. The molecule has 1 aromatic rings. The maximum Gasteiger partial charge on any atom is 0.285 e. The third kappa shape index (κ3) is 4.56. The molecule has 0 aliphatic rings. The van der Waals surface area contributed by atoms with Crippen molar-refractivity contribution in [1.82, 2.24) is 14.5 Å². The molecule has 1 amide bonds. The summed E-state index contributed by atoms with van der Waals surface area (Å²) in [7, 11) is -1.94. The Bertz CT molecular complexity index is 603. The Morgan fingerprint density at radius 3 is 2.29 bits per heavy atom. The summed E-state index contributed by atoms with van der Waals surface area (Å²) < 4.78 is 27.9. The van der Waals surface area contributed by atoms with E-state index in [2.05, 4.69) is 9.82 Å². The van der Waals surface area contributed by atoms with E-state index in [1.807, 2.05) is 27.7 Å². The number of amides is 1. The van der Waals surface area contributed by atoms with Gasteiger partial charge in [-0.3, -0.25) is 9.48 Å². The lowest BCUT2D eigenvalue weighted by Gasteiger charge is -2.15. The zero-order chi connectivity index (χ0) is 16.4. The molecule has 0 unspecified atom stereocenters. The van der Waals surface area contributed by atoms with Crippen molar-refractivity contribution >= 4 is 15.9 Å². The average Bonchev–Trinajstić information content (AvgIpc) is 2.70. The van der Waals surface area contributed by atoms with E-state index < -0.39 is 21.2 Å². The predicted molar refractivity (Wildman–Crippen MR) is 82.6 cm³/mol. The summed E-state index contributed by atoms with van der Waals surface area (Å²) in [6.45, 7) is 9.47. The molecule has 1 N–H and O–H groups in total. The van der Waals surface area contributed by atoms with E-state index in [0.717, 1.165) is 5.69 Å². The number of aryl methyl sites for hydroxylation is 1. The highest BCUT2D eigenvalue weighted by Gasteiger charge is 2.26. The number of rotatable bonds is 6. The number of carbonyl (C=O) groups excluding carboxylic acids is 1. The summed E-state index contributed by atoms with van der Waals surface area (Å²) in [6, 6.07) is 1.63. The van der Waals surface area contributed by atoms with Gasteiger partial charge in [-0.2, -0.15) is 5.10 Å². The van der Waals surface area contributed by atoms with E-state index in [1.54, 1.807) is 24.7 Å². The molecule has 0 saturated carbocycles. The summed E-state index contributed by atoms with van der Waals surface area (Å²) in [5.41, 5.74) is 1.01. The summed E-state index contributed by atoms with van der Waals surface area (Å²) >= 11 is 0. The van der Waals surface area contributed by atoms with Crippen LogP contribution in [0.3, 0.4) is 0 Å². The normalized spacial score (nSPS) is 13.7. The third-order valence-electron chi connectivity index (χ3n) is 3.31. The van der Waals surface area contributed by atoms with Crippen LogP contribution in [0, 0.1) is 5.92 Å². The monoisotopic (exact) mass is 315 g/mol. The summed E-state index contributed by atoms with van der Waals surface area (Å²) in [6.07, 6.45) is 0.502. The molecule has 0 aliphatic carbocycles. The van der Waals surface area contributed by atoms with Crippen LogP contribution in [-0.4, -0.2) is 29.4 Å². The Labute approximate surface area is 127 Å². The van der Waals surface area contributed by atoms with E-state index in [-0.39, 0.29) is 17.5 Å². The molecule has 0 aliphatic heterocycles. The predicted octanol–water partition coefficient (Wildman–Crippen LogP) is 2.04. The first kappa shape index (κ1) is 17.7. The third-order valence-corrected chi connectivity index (χ3v) is 5.03. The van der Waals surface area contributed by atoms with Gasteiger partial charge in [0.1, 0.15) is 0 Å². The largest absolute Gasteiger partial charge is 0.285 e. The number of sulfonamides is 1. The topological polar surface area (TPSA) is 81.1 Å². The van der Waals surface area contributed by atoms with Gasteiger partial charge >= 0.3 is 0 Å². The van der Waals surface area contributed by atoms with Crippen LogP contribution in [0.25, 0.3) is 0 Å². The van der Waals surface area contributed by atoms with Crippen LogP contribution in [0.4, 0.5) is 0 Å². The maximum absolute atomic E-state index is 12.1. The van der Waals surface area contributed by atoms with Crippen molar-refractivity contribution in [2.24, 2.45) is 13.0 Å². The molecular formula is C14H25N3O3S. The summed E-state index contributed by atoms with van der Waals surface area (Å²) in [4.78, 5) is 12.1. The van der Waals surface area contributed by atoms with Crippen molar-refractivity contribution < 1.29 is 13.2 Å².